The predicted octanol–water partition coefficient (Wildman–Crippen LogP) is 4.70. The summed E-state index contributed by atoms with van der Waals surface area (Å²) in [4.78, 5) is 15.1. The van der Waals surface area contributed by atoms with Crippen molar-refractivity contribution in [2.45, 2.75) is 46.3 Å². The maximum absolute atomic E-state index is 12.6. The first-order chi connectivity index (χ1) is 17.0. The van der Waals surface area contributed by atoms with E-state index >= 15 is 0 Å². The van der Waals surface area contributed by atoms with Gasteiger partial charge in [-0.15, -0.1) is 10.2 Å². The van der Waals surface area contributed by atoms with Crippen LogP contribution in [0.15, 0.2) is 65.3 Å². The summed E-state index contributed by atoms with van der Waals surface area (Å²) in [5.41, 5.74) is 5.68. The second-order valence-corrected chi connectivity index (χ2v) is 9.25. The molecule has 1 aliphatic heterocycles. The van der Waals surface area contributed by atoms with Crippen molar-refractivity contribution in [1.82, 2.24) is 25.0 Å². The second-order valence-electron chi connectivity index (χ2n) is 9.25. The zero-order valence-corrected chi connectivity index (χ0v) is 20.5. The minimum Gasteiger partial charge on any atom is -0.469 e. The highest BCUT2D eigenvalue weighted by Gasteiger charge is 2.24. The number of hydrogen-bond acceptors (Lipinski definition) is 5. The number of fused-ring (bicyclic) bond motifs is 1. The van der Waals surface area contributed by atoms with Gasteiger partial charge in [-0.1, -0.05) is 42.5 Å². The summed E-state index contributed by atoms with van der Waals surface area (Å²) < 4.78 is 7.43. The number of carbonyl (C=O) groups excluding carboxylic acids is 1. The van der Waals surface area contributed by atoms with Crippen LogP contribution in [0.3, 0.4) is 0 Å². The highest BCUT2D eigenvalue weighted by atomic mass is 16.3. The Morgan fingerprint density at radius 2 is 1.91 bits per heavy atom. The fraction of sp³-hybridized carbons (Fsp3) is 0.321. The van der Waals surface area contributed by atoms with Gasteiger partial charge in [0.25, 0.3) is 5.91 Å². The molecule has 0 spiro atoms. The molecule has 35 heavy (non-hydrogen) atoms. The Hall–Kier alpha value is -3.71. The standard InChI is InChI=1S/C28H31N5O2/c1-19-7-4-5-10-24(19)23-9-6-8-22(17-23)18-32-13-11-26-30-31-27(33(26)15-14-32)20(2)29-28(34)25-12-16-35-21(25)3/h4-10,12,16-17,20H,11,13-15,18H2,1-3H3,(H,29,34)/t20-/m0/s1. The Balaban J connectivity index is 1.26. The molecule has 0 unspecified atom stereocenters. The Morgan fingerprint density at radius 3 is 2.71 bits per heavy atom. The first-order valence-corrected chi connectivity index (χ1v) is 12.1. The van der Waals surface area contributed by atoms with Crippen molar-refractivity contribution < 1.29 is 9.21 Å². The largest absolute Gasteiger partial charge is 0.469 e. The van der Waals surface area contributed by atoms with Gasteiger partial charge in [0.2, 0.25) is 0 Å². The van der Waals surface area contributed by atoms with E-state index in [1.54, 1.807) is 13.0 Å². The molecule has 0 saturated carbocycles. The summed E-state index contributed by atoms with van der Waals surface area (Å²) in [5.74, 6) is 2.21. The first kappa shape index (κ1) is 23.1. The van der Waals surface area contributed by atoms with Crippen molar-refractivity contribution >= 4 is 5.91 Å². The number of aryl methyl sites for hydroxylation is 2. The maximum atomic E-state index is 12.6. The molecule has 2 aromatic carbocycles. The molecule has 7 nitrogen and oxygen atoms in total. The second kappa shape index (κ2) is 9.88. The predicted molar refractivity (Wildman–Crippen MR) is 135 cm³/mol. The fourth-order valence-corrected chi connectivity index (χ4v) is 4.82. The summed E-state index contributed by atoms with van der Waals surface area (Å²) in [6.07, 6.45) is 2.36. The van der Waals surface area contributed by atoms with E-state index in [1.165, 1.54) is 28.5 Å². The van der Waals surface area contributed by atoms with Gasteiger partial charge in [0.15, 0.2) is 5.82 Å². The smallest absolute Gasteiger partial charge is 0.255 e. The third kappa shape index (κ3) is 4.91. The van der Waals surface area contributed by atoms with E-state index in [0.29, 0.717) is 11.3 Å². The number of amides is 1. The number of carbonyl (C=O) groups is 1. The molecule has 1 N–H and O–H groups in total. The average molecular weight is 470 g/mol. The van der Waals surface area contributed by atoms with Crippen LogP contribution in [0.4, 0.5) is 0 Å². The van der Waals surface area contributed by atoms with Crippen LogP contribution < -0.4 is 5.32 Å². The van der Waals surface area contributed by atoms with Crippen molar-refractivity contribution in [1.29, 1.82) is 0 Å². The highest BCUT2D eigenvalue weighted by Crippen LogP contribution is 2.25. The van der Waals surface area contributed by atoms with Crippen LogP contribution in [0, 0.1) is 13.8 Å². The summed E-state index contributed by atoms with van der Waals surface area (Å²) in [6.45, 7) is 9.39. The number of hydrogen-bond donors (Lipinski definition) is 1. The van der Waals surface area contributed by atoms with Gasteiger partial charge in [-0.05, 0) is 55.2 Å². The molecule has 2 aromatic heterocycles. The number of rotatable bonds is 6. The third-order valence-corrected chi connectivity index (χ3v) is 6.78. The molecule has 7 heteroatoms. The Kier molecular flexibility index (Phi) is 6.51. The van der Waals surface area contributed by atoms with E-state index in [-0.39, 0.29) is 11.9 Å². The van der Waals surface area contributed by atoms with E-state index in [9.17, 15) is 4.79 Å². The molecule has 180 valence electrons. The molecule has 0 radical (unpaired) electrons. The Labute approximate surface area is 205 Å². The first-order valence-electron chi connectivity index (χ1n) is 12.1. The van der Waals surface area contributed by atoms with E-state index in [2.05, 4.69) is 80.4 Å². The topological polar surface area (TPSA) is 76.2 Å². The molecule has 1 atom stereocenters. The Bertz CT molecular complexity index is 1340. The fourth-order valence-electron chi connectivity index (χ4n) is 4.82. The van der Waals surface area contributed by atoms with Crippen molar-refractivity contribution in [3.05, 3.63) is 95.0 Å². The quantitative estimate of drug-likeness (QED) is 0.443. The zero-order chi connectivity index (χ0) is 24.4. The van der Waals surface area contributed by atoms with Crippen LogP contribution >= 0.6 is 0 Å². The molecule has 0 aliphatic carbocycles. The SMILES string of the molecule is Cc1ccccc1-c1cccc(CN2CCc3nnc([C@H](C)NC(=O)c4ccoc4C)n3CC2)c1. The molecule has 3 heterocycles. The van der Waals surface area contributed by atoms with E-state index in [0.717, 1.165) is 44.2 Å². The highest BCUT2D eigenvalue weighted by molar-refractivity contribution is 5.95. The van der Waals surface area contributed by atoms with Crippen molar-refractivity contribution in [2.75, 3.05) is 13.1 Å². The summed E-state index contributed by atoms with van der Waals surface area (Å²) >= 11 is 0. The number of nitrogens with zero attached hydrogens (tertiary/aromatic N) is 4. The normalized spacial score (nSPS) is 14.8. The van der Waals surface area contributed by atoms with Gasteiger partial charge < -0.3 is 14.3 Å². The molecular formula is C28H31N5O2. The van der Waals surface area contributed by atoms with Crippen molar-refractivity contribution in [3.63, 3.8) is 0 Å². The maximum Gasteiger partial charge on any atom is 0.255 e. The van der Waals surface area contributed by atoms with Crippen LogP contribution in [0.2, 0.25) is 0 Å². The molecule has 1 amide bonds. The number of aromatic nitrogens is 3. The lowest BCUT2D eigenvalue weighted by molar-refractivity contribution is 0.0936. The van der Waals surface area contributed by atoms with Gasteiger partial charge in [0, 0.05) is 32.6 Å². The molecule has 0 fully saturated rings. The number of nitrogens with one attached hydrogen (secondary N) is 1. The van der Waals surface area contributed by atoms with Gasteiger partial charge in [-0.2, -0.15) is 0 Å². The zero-order valence-electron chi connectivity index (χ0n) is 20.5. The summed E-state index contributed by atoms with van der Waals surface area (Å²) in [5, 5.41) is 11.9. The molecule has 1 aliphatic rings. The van der Waals surface area contributed by atoms with Gasteiger partial charge in [0.1, 0.15) is 11.6 Å². The van der Waals surface area contributed by atoms with E-state index < -0.39 is 0 Å². The minimum absolute atomic E-state index is 0.162. The molecule has 0 bridgehead atoms. The lowest BCUT2D eigenvalue weighted by Gasteiger charge is -2.21. The van der Waals surface area contributed by atoms with Gasteiger partial charge in [-0.3, -0.25) is 9.69 Å². The van der Waals surface area contributed by atoms with Crippen molar-refractivity contribution in [2.24, 2.45) is 0 Å². The number of benzene rings is 2. The van der Waals surface area contributed by atoms with E-state index in [1.807, 2.05) is 6.92 Å². The van der Waals surface area contributed by atoms with Gasteiger partial charge in [-0.25, -0.2) is 0 Å². The lowest BCUT2D eigenvalue weighted by Crippen LogP contribution is -2.30. The van der Waals surface area contributed by atoms with Gasteiger partial charge >= 0.3 is 0 Å². The molecule has 4 aromatic rings. The van der Waals surface area contributed by atoms with Gasteiger partial charge in [0.05, 0.1) is 17.9 Å². The van der Waals surface area contributed by atoms with Crippen LogP contribution in [0.5, 0.6) is 0 Å². The average Bonchev–Trinajstić information content (AvgIpc) is 3.42. The summed E-state index contributed by atoms with van der Waals surface area (Å²) in [7, 11) is 0. The Morgan fingerprint density at radius 1 is 1.06 bits per heavy atom. The molecule has 0 saturated heterocycles. The monoisotopic (exact) mass is 469 g/mol. The van der Waals surface area contributed by atoms with Crippen LogP contribution in [-0.2, 0) is 19.5 Å². The van der Waals surface area contributed by atoms with Crippen LogP contribution in [0.25, 0.3) is 11.1 Å². The third-order valence-electron chi connectivity index (χ3n) is 6.78. The van der Waals surface area contributed by atoms with Crippen LogP contribution in [0.1, 0.15) is 51.9 Å². The lowest BCUT2D eigenvalue weighted by atomic mass is 9.99. The van der Waals surface area contributed by atoms with E-state index in [4.69, 9.17) is 4.42 Å². The molecular weight excluding hydrogens is 438 g/mol. The van der Waals surface area contributed by atoms with Crippen molar-refractivity contribution in [3.8, 4) is 11.1 Å². The summed E-state index contributed by atoms with van der Waals surface area (Å²) in [6, 6.07) is 18.8. The molecule has 5 rings (SSSR count). The minimum atomic E-state index is -0.254. The van der Waals surface area contributed by atoms with Crippen LogP contribution in [-0.4, -0.2) is 38.7 Å². The number of furan rings is 1.